The lowest BCUT2D eigenvalue weighted by Gasteiger charge is -2.31. The summed E-state index contributed by atoms with van der Waals surface area (Å²) in [6.07, 6.45) is -0.458. The third-order valence-electron chi connectivity index (χ3n) is 6.05. The topological polar surface area (TPSA) is 39.7 Å². The lowest BCUT2D eigenvalue weighted by Crippen LogP contribution is -2.17. The number of benzene rings is 4. The van der Waals surface area contributed by atoms with Crippen LogP contribution in [0.2, 0.25) is 0 Å². The standard InChI is InChI=1S/C29H25F2NO3/c1-3-32-24-11-5-4-10-21(24)18-14-15-22-23(17-18)28(19-8-6-9-20(16-19)33-2)34-25-12-7-13-26(27(22)25)35-29(30)31/h4-17,28-29,32H,3H2,1-2H3. The monoisotopic (exact) mass is 473 g/mol. The lowest BCUT2D eigenvalue weighted by molar-refractivity contribution is -0.0496. The van der Waals surface area contributed by atoms with Gasteiger partial charge in [0.05, 0.1) is 12.7 Å². The number of halogens is 2. The summed E-state index contributed by atoms with van der Waals surface area (Å²) in [5, 5.41) is 3.41. The summed E-state index contributed by atoms with van der Waals surface area (Å²) in [4.78, 5) is 0. The molecule has 0 saturated carbocycles. The van der Waals surface area contributed by atoms with E-state index in [1.807, 2.05) is 54.6 Å². The Morgan fingerprint density at radius 2 is 1.74 bits per heavy atom. The minimum atomic E-state index is -2.94. The van der Waals surface area contributed by atoms with Crippen LogP contribution in [-0.2, 0) is 0 Å². The van der Waals surface area contributed by atoms with Gasteiger partial charge in [-0.05, 0) is 54.4 Å². The van der Waals surface area contributed by atoms with Gasteiger partial charge in [0.25, 0.3) is 0 Å². The van der Waals surface area contributed by atoms with Gasteiger partial charge >= 0.3 is 6.61 Å². The highest BCUT2D eigenvalue weighted by atomic mass is 19.3. The van der Waals surface area contributed by atoms with Gasteiger partial charge in [-0.25, -0.2) is 0 Å². The van der Waals surface area contributed by atoms with Crippen LogP contribution in [0.5, 0.6) is 17.2 Å². The first-order valence-corrected chi connectivity index (χ1v) is 11.4. The predicted molar refractivity (Wildman–Crippen MR) is 134 cm³/mol. The second-order valence-corrected chi connectivity index (χ2v) is 8.16. The van der Waals surface area contributed by atoms with Crippen molar-refractivity contribution in [2.45, 2.75) is 19.6 Å². The Hall–Kier alpha value is -4.06. The van der Waals surface area contributed by atoms with Crippen molar-refractivity contribution in [3.05, 3.63) is 96.1 Å². The highest BCUT2D eigenvalue weighted by molar-refractivity contribution is 5.86. The van der Waals surface area contributed by atoms with Crippen LogP contribution in [0.15, 0.2) is 84.9 Å². The molecule has 1 unspecified atom stereocenters. The summed E-state index contributed by atoms with van der Waals surface area (Å²) in [5.74, 6) is 1.29. The minimum absolute atomic E-state index is 0.0867. The van der Waals surface area contributed by atoms with Crippen LogP contribution >= 0.6 is 0 Å². The van der Waals surface area contributed by atoms with Gasteiger partial charge < -0.3 is 19.5 Å². The molecule has 0 bridgehead atoms. The summed E-state index contributed by atoms with van der Waals surface area (Å²) in [7, 11) is 1.62. The van der Waals surface area contributed by atoms with E-state index in [4.69, 9.17) is 14.2 Å². The number of hydrogen-bond donors (Lipinski definition) is 1. The molecule has 1 aliphatic rings. The minimum Gasteiger partial charge on any atom is -0.497 e. The maximum absolute atomic E-state index is 13.2. The molecular formula is C29H25F2NO3. The van der Waals surface area contributed by atoms with Gasteiger partial charge in [-0.15, -0.1) is 0 Å². The number of nitrogens with one attached hydrogen (secondary N) is 1. The first-order valence-electron chi connectivity index (χ1n) is 11.4. The first-order chi connectivity index (χ1) is 17.1. The Morgan fingerprint density at radius 1 is 0.914 bits per heavy atom. The van der Waals surface area contributed by atoms with E-state index in [1.54, 1.807) is 25.3 Å². The summed E-state index contributed by atoms with van der Waals surface area (Å²) < 4.78 is 43.2. The second-order valence-electron chi connectivity index (χ2n) is 8.16. The van der Waals surface area contributed by atoms with Gasteiger partial charge in [0, 0.05) is 28.9 Å². The molecule has 1 heterocycles. The van der Waals surface area contributed by atoms with Gasteiger partial charge in [0.2, 0.25) is 0 Å². The molecule has 1 N–H and O–H groups in total. The molecular weight excluding hydrogens is 448 g/mol. The van der Waals surface area contributed by atoms with Gasteiger partial charge in [-0.1, -0.05) is 48.5 Å². The SMILES string of the molecule is CCNc1ccccc1-c1ccc2c(c1)C(c1cccc(OC)c1)Oc1cccc(OC(F)F)c1-2. The molecule has 0 fully saturated rings. The van der Waals surface area contributed by atoms with Crippen molar-refractivity contribution < 1.29 is 23.0 Å². The quantitative estimate of drug-likeness (QED) is 0.301. The largest absolute Gasteiger partial charge is 0.497 e. The number of alkyl halides is 2. The summed E-state index contributed by atoms with van der Waals surface area (Å²) in [6, 6.07) is 26.8. The van der Waals surface area contributed by atoms with Crippen molar-refractivity contribution in [3.8, 4) is 39.5 Å². The Bertz CT molecular complexity index is 1360. The van der Waals surface area contributed by atoms with Crippen molar-refractivity contribution in [1.82, 2.24) is 0 Å². The van der Waals surface area contributed by atoms with Crippen LogP contribution in [-0.4, -0.2) is 20.3 Å². The number of hydrogen-bond acceptors (Lipinski definition) is 4. The fourth-order valence-electron chi connectivity index (χ4n) is 4.57. The van der Waals surface area contributed by atoms with Crippen LogP contribution in [0.25, 0.3) is 22.3 Å². The fourth-order valence-corrected chi connectivity index (χ4v) is 4.57. The molecule has 0 saturated heterocycles. The number of rotatable bonds is 7. The molecule has 0 aromatic heterocycles. The van der Waals surface area contributed by atoms with Crippen molar-refractivity contribution in [3.63, 3.8) is 0 Å². The van der Waals surface area contributed by atoms with Gasteiger partial charge in [-0.3, -0.25) is 0 Å². The fraction of sp³-hybridized carbons (Fsp3) is 0.172. The van der Waals surface area contributed by atoms with Crippen LogP contribution in [0.3, 0.4) is 0 Å². The number of ether oxygens (including phenoxy) is 3. The van der Waals surface area contributed by atoms with Crippen molar-refractivity contribution in [2.24, 2.45) is 0 Å². The normalized spacial score (nSPS) is 14.0. The Labute approximate surface area is 203 Å². The maximum Gasteiger partial charge on any atom is 0.387 e. The molecule has 1 atom stereocenters. The highest BCUT2D eigenvalue weighted by Crippen LogP contribution is 2.50. The molecule has 4 aromatic carbocycles. The summed E-state index contributed by atoms with van der Waals surface area (Å²) in [6.45, 7) is -0.0934. The van der Waals surface area contributed by atoms with E-state index in [0.29, 0.717) is 17.1 Å². The van der Waals surface area contributed by atoms with E-state index in [9.17, 15) is 8.78 Å². The predicted octanol–water partition coefficient (Wildman–Crippen LogP) is 7.54. The Balaban J connectivity index is 1.71. The zero-order valence-corrected chi connectivity index (χ0v) is 19.4. The van der Waals surface area contributed by atoms with Crippen molar-refractivity contribution >= 4 is 5.69 Å². The molecule has 178 valence electrons. The van der Waals surface area contributed by atoms with Gasteiger partial charge in [-0.2, -0.15) is 8.78 Å². The van der Waals surface area contributed by atoms with E-state index in [1.165, 1.54) is 0 Å². The molecule has 6 heteroatoms. The first kappa shape index (κ1) is 22.7. The summed E-state index contributed by atoms with van der Waals surface area (Å²) in [5.41, 5.74) is 6.13. The van der Waals surface area contributed by atoms with E-state index >= 15 is 0 Å². The zero-order valence-electron chi connectivity index (χ0n) is 19.4. The number of para-hydroxylation sites is 1. The average Bonchev–Trinajstić information content (AvgIpc) is 2.88. The van der Waals surface area contributed by atoms with Crippen LogP contribution < -0.4 is 19.5 Å². The van der Waals surface area contributed by atoms with E-state index < -0.39 is 12.7 Å². The summed E-state index contributed by atoms with van der Waals surface area (Å²) >= 11 is 0. The Morgan fingerprint density at radius 3 is 2.54 bits per heavy atom. The molecule has 1 aliphatic heterocycles. The average molecular weight is 474 g/mol. The lowest BCUT2D eigenvalue weighted by atomic mass is 9.86. The molecule has 4 nitrogen and oxygen atoms in total. The zero-order chi connectivity index (χ0) is 24.4. The number of anilines is 1. The Kier molecular flexibility index (Phi) is 6.27. The van der Waals surface area contributed by atoms with Crippen LogP contribution in [0.4, 0.5) is 14.5 Å². The maximum atomic E-state index is 13.2. The molecule has 4 aromatic rings. The number of methoxy groups -OCH3 is 1. The molecule has 0 amide bonds. The second kappa shape index (κ2) is 9.66. The molecule has 5 rings (SSSR count). The van der Waals surface area contributed by atoms with E-state index in [-0.39, 0.29) is 5.75 Å². The van der Waals surface area contributed by atoms with Crippen molar-refractivity contribution in [1.29, 1.82) is 0 Å². The van der Waals surface area contributed by atoms with Gasteiger partial charge in [0.1, 0.15) is 23.4 Å². The van der Waals surface area contributed by atoms with E-state index in [2.05, 4.69) is 24.4 Å². The smallest absolute Gasteiger partial charge is 0.387 e. The molecule has 0 aliphatic carbocycles. The van der Waals surface area contributed by atoms with Crippen molar-refractivity contribution in [2.75, 3.05) is 19.0 Å². The van der Waals surface area contributed by atoms with Gasteiger partial charge in [0.15, 0.2) is 0 Å². The van der Waals surface area contributed by atoms with E-state index in [0.717, 1.165) is 40.0 Å². The van der Waals surface area contributed by atoms with Crippen LogP contribution in [0.1, 0.15) is 24.2 Å². The third kappa shape index (κ3) is 4.39. The number of fused-ring (bicyclic) bond motifs is 3. The molecule has 0 radical (unpaired) electrons. The van der Waals surface area contributed by atoms with Crippen LogP contribution in [0, 0.1) is 0 Å². The third-order valence-corrected chi connectivity index (χ3v) is 6.05. The molecule has 35 heavy (non-hydrogen) atoms. The molecule has 0 spiro atoms. The highest BCUT2D eigenvalue weighted by Gasteiger charge is 2.31.